The number of carbonyl (C=O) groups is 1. The lowest BCUT2D eigenvalue weighted by Crippen LogP contribution is -2.63. The smallest absolute Gasteiger partial charge is 0.310 e. The Labute approximate surface area is 172 Å². The highest BCUT2D eigenvalue weighted by Gasteiger charge is 2.47. The lowest BCUT2D eigenvalue weighted by atomic mass is 9.85. The molecule has 0 spiro atoms. The molecule has 0 aliphatic heterocycles. The van der Waals surface area contributed by atoms with Crippen molar-refractivity contribution in [2.45, 2.75) is 49.5 Å². The summed E-state index contributed by atoms with van der Waals surface area (Å²) >= 11 is 0. The maximum absolute atomic E-state index is 14.0. The fourth-order valence-electron chi connectivity index (χ4n) is 3.01. The van der Waals surface area contributed by atoms with Gasteiger partial charge in [0, 0.05) is 5.56 Å². The van der Waals surface area contributed by atoms with Crippen molar-refractivity contribution in [3.05, 3.63) is 59.9 Å². The van der Waals surface area contributed by atoms with Crippen LogP contribution in [0.5, 0.6) is 0 Å². The van der Waals surface area contributed by atoms with E-state index in [0.29, 0.717) is 11.1 Å². The predicted molar refractivity (Wildman–Crippen MR) is 104 cm³/mol. The quantitative estimate of drug-likeness (QED) is 0.358. The van der Waals surface area contributed by atoms with Crippen molar-refractivity contribution >= 4 is 5.97 Å². The van der Waals surface area contributed by atoms with Gasteiger partial charge in [-0.05, 0) is 24.1 Å². The van der Waals surface area contributed by atoms with Crippen LogP contribution in [0.4, 0.5) is 4.39 Å². The van der Waals surface area contributed by atoms with Crippen LogP contribution >= 0.6 is 0 Å². The predicted octanol–water partition coefficient (Wildman–Crippen LogP) is -0.154. The Hall–Kier alpha value is -2.40. The minimum absolute atomic E-state index is 0.396. The number of hydrogen-bond donors (Lipinski definition) is 7. The van der Waals surface area contributed by atoms with Crippen LogP contribution in [0.3, 0.4) is 0 Å². The number of halogens is 1. The summed E-state index contributed by atoms with van der Waals surface area (Å²) in [4.78, 5) is 10.8. The van der Waals surface area contributed by atoms with Crippen molar-refractivity contribution in [2.24, 2.45) is 0 Å². The molecule has 1 saturated carbocycles. The Kier molecular flexibility index (Phi) is 8.02. The first kappa shape index (κ1) is 23.9. The summed E-state index contributed by atoms with van der Waals surface area (Å²) in [5.74, 6) is -2.06. The van der Waals surface area contributed by atoms with Gasteiger partial charge in [0.05, 0.1) is 5.92 Å². The maximum Gasteiger partial charge on any atom is 0.310 e. The first-order valence-corrected chi connectivity index (χ1v) is 9.22. The number of carboxylic acids is 1. The van der Waals surface area contributed by atoms with Gasteiger partial charge in [-0.15, -0.1) is 0 Å². The van der Waals surface area contributed by atoms with E-state index in [4.69, 9.17) is 35.7 Å². The summed E-state index contributed by atoms with van der Waals surface area (Å²) in [5, 5.41) is 62.7. The van der Waals surface area contributed by atoms with Crippen LogP contribution in [0.15, 0.2) is 48.5 Å². The van der Waals surface area contributed by atoms with Crippen molar-refractivity contribution in [3.8, 4) is 11.1 Å². The van der Waals surface area contributed by atoms with E-state index in [1.165, 1.54) is 6.07 Å². The second-order valence-electron chi connectivity index (χ2n) is 7.11. The molecule has 0 radical (unpaired) electrons. The molecule has 0 aromatic heterocycles. The van der Waals surface area contributed by atoms with Crippen LogP contribution in [0, 0.1) is 5.82 Å². The normalized spacial score (nSPS) is 29.5. The fourth-order valence-corrected chi connectivity index (χ4v) is 3.01. The van der Waals surface area contributed by atoms with E-state index in [0.717, 1.165) is 5.56 Å². The molecule has 7 N–H and O–H groups in total. The van der Waals surface area contributed by atoms with Crippen molar-refractivity contribution in [2.75, 3.05) is 0 Å². The summed E-state index contributed by atoms with van der Waals surface area (Å²) in [7, 11) is 0. The molecule has 2 aromatic rings. The Morgan fingerprint density at radius 2 is 1.23 bits per heavy atom. The summed E-state index contributed by atoms with van der Waals surface area (Å²) in [6.07, 6.45) is -9.84. The van der Waals surface area contributed by atoms with E-state index in [2.05, 4.69) is 0 Å². The molecule has 1 atom stereocenters. The molecule has 3 rings (SSSR count). The van der Waals surface area contributed by atoms with Gasteiger partial charge in [0.2, 0.25) is 0 Å². The molecule has 164 valence electrons. The van der Waals surface area contributed by atoms with Crippen LogP contribution in [0.25, 0.3) is 11.1 Å². The van der Waals surface area contributed by atoms with E-state index in [9.17, 15) is 9.18 Å². The maximum atomic E-state index is 14.0. The van der Waals surface area contributed by atoms with E-state index >= 15 is 0 Å². The molecule has 0 amide bonds. The number of carboxylic acid groups (broad SMARTS) is 1. The lowest BCUT2D eigenvalue weighted by Gasteiger charge is -2.39. The molecule has 1 fully saturated rings. The molecular weight excluding hydrogens is 399 g/mol. The van der Waals surface area contributed by atoms with E-state index < -0.39 is 54.3 Å². The fraction of sp³-hybridized carbons (Fsp3) is 0.381. The van der Waals surface area contributed by atoms with Crippen LogP contribution in [-0.4, -0.2) is 78.3 Å². The molecule has 1 unspecified atom stereocenters. The lowest BCUT2D eigenvalue weighted by molar-refractivity contribution is -0.223. The molecule has 1 aliphatic rings. The molecule has 0 bridgehead atoms. The molecule has 0 heterocycles. The first-order valence-electron chi connectivity index (χ1n) is 9.22. The van der Waals surface area contributed by atoms with E-state index in [-0.39, 0.29) is 0 Å². The largest absolute Gasteiger partial charge is 0.481 e. The summed E-state index contributed by atoms with van der Waals surface area (Å²) in [5.41, 5.74) is 1.74. The molecule has 30 heavy (non-hydrogen) atoms. The van der Waals surface area contributed by atoms with Gasteiger partial charge in [-0.1, -0.05) is 42.5 Å². The highest BCUT2D eigenvalue weighted by Crippen LogP contribution is 2.26. The third-order valence-corrected chi connectivity index (χ3v) is 5.05. The first-order chi connectivity index (χ1) is 14.1. The Morgan fingerprint density at radius 1 is 0.800 bits per heavy atom. The third kappa shape index (κ3) is 5.20. The number of aliphatic carboxylic acids is 1. The van der Waals surface area contributed by atoms with Gasteiger partial charge in [0.15, 0.2) is 0 Å². The van der Waals surface area contributed by atoms with Gasteiger partial charge in [-0.25, -0.2) is 4.39 Å². The number of aliphatic hydroxyl groups excluding tert-OH is 6. The van der Waals surface area contributed by atoms with E-state index in [1.807, 2.05) is 30.3 Å². The van der Waals surface area contributed by atoms with Crippen LogP contribution in [0.2, 0.25) is 0 Å². The second kappa shape index (κ2) is 10.1. The molecule has 9 heteroatoms. The molecule has 0 saturated heterocycles. The van der Waals surface area contributed by atoms with Gasteiger partial charge >= 0.3 is 5.97 Å². The van der Waals surface area contributed by atoms with Crippen molar-refractivity contribution in [3.63, 3.8) is 0 Å². The average Bonchev–Trinajstić information content (AvgIpc) is 2.75. The minimum atomic E-state index is -1.64. The Bertz CT molecular complexity index is 788. The summed E-state index contributed by atoms with van der Waals surface area (Å²) in [6.45, 7) is 1.54. The van der Waals surface area contributed by atoms with Crippen molar-refractivity contribution in [1.29, 1.82) is 0 Å². The second-order valence-corrected chi connectivity index (χ2v) is 7.11. The minimum Gasteiger partial charge on any atom is -0.481 e. The van der Waals surface area contributed by atoms with Crippen molar-refractivity contribution < 1.29 is 44.9 Å². The van der Waals surface area contributed by atoms with Crippen molar-refractivity contribution in [1.82, 2.24) is 0 Å². The number of aliphatic hydroxyl groups is 6. The topological polar surface area (TPSA) is 159 Å². The summed E-state index contributed by atoms with van der Waals surface area (Å²) < 4.78 is 14.0. The Balaban J connectivity index is 0.000000232. The molecule has 1 aliphatic carbocycles. The number of rotatable bonds is 3. The van der Waals surface area contributed by atoms with Crippen LogP contribution in [-0.2, 0) is 4.79 Å². The SMILES string of the molecule is CC(C(=O)O)c1ccc(-c2ccccc2)c(F)c1.OC1C(O)C(O)C(O)C(O)C1O. The highest BCUT2D eigenvalue weighted by atomic mass is 19.1. The van der Waals surface area contributed by atoms with Crippen LogP contribution in [0.1, 0.15) is 18.4 Å². The van der Waals surface area contributed by atoms with Gasteiger partial charge in [-0.2, -0.15) is 0 Å². The zero-order chi connectivity index (χ0) is 22.6. The monoisotopic (exact) mass is 424 g/mol. The zero-order valence-corrected chi connectivity index (χ0v) is 16.1. The third-order valence-electron chi connectivity index (χ3n) is 5.05. The van der Waals surface area contributed by atoms with Gasteiger partial charge < -0.3 is 35.7 Å². The average molecular weight is 424 g/mol. The van der Waals surface area contributed by atoms with Gasteiger partial charge in [0.1, 0.15) is 42.4 Å². The number of hydrogen-bond acceptors (Lipinski definition) is 7. The van der Waals surface area contributed by atoms with E-state index in [1.54, 1.807) is 19.1 Å². The molecule has 8 nitrogen and oxygen atoms in total. The zero-order valence-electron chi connectivity index (χ0n) is 16.1. The Morgan fingerprint density at radius 3 is 1.60 bits per heavy atom. The molecular formula is C21H25FO8. The van der Waals surface area contributed by atoms with Crippen LogP contribution < -0.4 is 0 Å². The van der Waals surface area contributed by atoms with Gasteiger partial charge in [-0.3, -0.25) is 4.79 Å². The summed E-state index contributed by atoms with van der Waals surface area (Å²) in [6, 6.07) is 13.7. The highest BCUT2D eigenvalue weighted by molar-refractivity contribution is 5.76. The van der Waals surface area contributed by atoms with Gasteiger partial charge in [0.25, 0.3) is 0 Å². The standard InChI is InChI=1S/C15H13FO2.C6H12O6/c1-10(15(17)18)12-7-8-13(14(16)9-12)11-5-3-2-4-6-11;7-1-2(8)4(10)6(12)5(11)3(1)9/h2-10H,1H3,(H,17,18);1-12H. The number of benzene rings is 2. The molecule has 2 aromatic carbocycles.